The summed E-state index contributed by atoms with van der Waals surface area (Å²) in [6.07, 6.45) is -5.14. The third kappa shape index (κ3) is 4.58. The molecule has 0 amide bonds. The molecule has 0 bridgehead atoms. The molecule has 1 saturated heterocycles. The first-order chi connectivity index (χ1) is 12.0. The fourth-order valence-corrected chi connectivity index (χ4v) is 2.66. The first-order valence-electron chi connectivity index (χ1n) is 7.79. The van der Waals surface area contributed by atoms with Crippen molar-refractivity contribution >= 4 is 5.69 Å². The van der Waals surface area contributed by atoms with Crippen LogP contribution in [0.3, 0.4) is 0 Å². The van der Waals surface area contributed by atoms with Crippen LogP contribution in [-0.2, 0) is 5.92 Å². The van der Waals surface area contributed by atoms with Crippen molar-refractivity contribution in [3.63, 3.8) is 0 Å². The van der Waals surface area contributed by atoms with Crippen molar-refractivity contribution in [2.45, 2.75) is 31.0 Å². The predicted octanol–water partition coefficient (Wildman–Crippen LogP) is 3.08. The molecule has 0 aliphatic carbocycles. The van der Waals surface area contributed by atoms with Crippen molar-refractivity contribution in [3.8, 4) is 5.75 Å². The molecule has 1 heterocycles. The first kappa shape index (κ1) is 20.3. The van der Waals surface area contributed by atoms with Crippen LogP contribution in [0.15, 0.2) is 18.2 Å². The zero-order chi connectivity index (χ0) is 19.5. The summed E-state index contributed by atoms with van der Waals surface area (Å²) in [7, 11) is 0. The highest BCUT2D eigenvalue weighted by molar-refractivity contribution is 5.46. The molecule has 1 aliphatic rings. The van der Waals surface area contributed by atoms with Crippen LogP contribution < -0.4 is 4.74 Å². The molecule has 1 N–H and O–H groups in total. The zero-order valence-corrected chi connectivity index (χ0v) is 13.5. The Balaban J connectivity index is 2.20. The van der Waals surface area contributed by atoms with Crippen LogP contribution >= 0.6 is 0 Å². The van der Waals surface area contributed by atoms with Gasteiger partial charge in [-0.1, -0.05) is 0 Å². The lowest BCUT2D eigenvalue weighted by atomic mass is 10.1. The van der Waals surface area contributed by atoms with Gasteiger partial charge in [-0.2, -0.15) is 22.0 Å². The summed E-state index contributed by atoms with van der Waals surface area (Å²) >= 11 is 0. The van der Waals surface area contributed by atoms with Gasteiger partial charge in [-0.15, -0.1) is 0 Å². The Morgan fingerprint density at radius 3 is 2.38 bits per heavy atom. The highest BCUT2D eigenvalue weighted by atomic mass is 19.4. The number of likely N-dealkylation sites (tertiary alicyclic amines) is 1. The van der Waals surface area contributed by atoms with Crippen LogP contribution in [0.1, 0.15) is 18.4 Å². The number of nitrogens with zero attached hydrogens (tertiary/aromatic N) is 2. The largest absolute Gasteiger partial charge is 0.490 e. The van der Waals surface area contributed by atoms with Crippen molar-refractivity contribution in [1.29, 1.82) is 0 Å². The number of β-amino-alcohol motifs (C(OH)–C–C–N with tert-alkyl or cyclic N) is 1. The number of alkyl halides is 5. The number of hydrogen-bond acceptors (Lipinski definition) is 5. The molecule has 0 saturated carbocycles. The van der Waals surface area contributed by atoms with Crippen LogP contribution in [0.4, 0.5) is 27.6 Å². The van der Waals surface area contributed by atoms with Gasteiger partial charge in [-0.3, -0.25) is 10.1 Å². The Kier molecular flexibility index (Phi) is 6.02. The number of aliphatic hydroxyl groups excluding tert-OH is 1. The van der Waals surface area contributed by atoms with Gasteiger partial charge in [0.05, 0.1) is 16.6 Å². The van der Waals surface area contributed by atoms with Crippen molar-refractivity contribution in [3.05, 3.63) is 33.9 Å². The number of rotatable bonds is 7. The van der Waals surface area contributed by atoms with Gasteiger partial charge in [0.25, 0.3) is 5.69 Å². The number of nitro benzene ring substituents is 1. The van der Waals surface area contributed by atoms with E-state index >= 15 is 0 Å². The zero-order valence-electron chi connectivity index (χ0n) is 13.5. The quantitative estimate of drug-likeness (QED) is 0.444. The van der Waals surface area contributed by atoms with Gasteiger partial charge in [0.15, 0.2) is 0 Å². The van der Waals surface area contributed by atoms with E-state index in [4.69, 9.17) is 4.74 Å². The number of ether oxygens (including phenoxy) is 1. The van der Waals surface area contributed by atoms with Gasteiger partial charge in [0.2, 0.25) is 0 Å². The summed E-state index contributed by atoms with van der Waals surface area (Å²) in [6, 6.07) is 1.36. The average Bonchev–Trinajstić information content (AvgIpc) is 3.04. The van der Waals surface area contributed by atoms with Gasteiger partial charge in [-0.05, 0) is 32.0 Å². The Bertz CT molecular complexity index is 647. The van der Waals surface area contributed by atoms with Gasteiger partial charge >= 0.3 is 12.1 Å². The highest BCUT2D eigenvalue weighted by Gasteiger charge is 2.60. The summed E-state index contributed by atoms with van der Waals surface area (Å²) < 4.78 is 70.1. The van der Waals surface area contributed by atoms with E-state index in [1.54, 1.807) is 0 Å². The minimum absolute atomic E-state index is 0.167. The highest BCUT2D eigenvalue weighted by Crippen LogP contribution is 2.47. The predicted molar refractivity (Wildman–Crippen MR) is 80.2 cm³/mol. The summed E-state index contributed by atoms with van der Waals surface area (Å²) in [5.74, 6) is -6.24. The van der Waals surface area contributed by atoms with E-state index in [0.717, 1.165) is 25.9 Å². The minimum atomic E-state index is -5.89. The number of hydrogen-bond donors (Lipinski definition) is 1. The number of non-ortho nitro benzene ring substituents is 1. The molecule has 6 nitrogen and oxygen atoms in total. The molecule has 0 aromatic heterocycles. The molecule has 2 rings (SSSR count). The molecule has 1 aromatic carbocycles. The van der Waals surface area contributed by atoms with Crippen LogP contribution in [-0.4, -0.2) is 53.5 Å². The lowest BCUT2D eigenvalue weighted by molar-refractivity contribution is -0.385. The summed E-state index contributed by atoms with van der Waals surface area (Å²) in [5.41, 5.74) is -2.24. The molecular weight excluding hydrogens is 367 g/mol. The first-order valence-corrected chi connectivity index (χ1v) is 7.79. The molecular formula is C15H17F5N2O4. The molecule has 0 radical (unpaired) electrons. The van der Waals surface area contributed by atoms with E-state index < -0.39 is 46.7 Å². The molecule has 1 unspecified atom stereocenters. The fourth-order valence-electron chi connectivity index (χ4n) is 2.66. The maximum absolute atomic E-state index is 13.7. The third-order valence-electron chi connectivity index (χ3n) is 3.97. The van der Waals surface area contributed by atoms with E-state index in [0.29, 0.717) is 18.2 Å². The minimum Gasteiger partial charge on any atom is -0.490 e. The normalized spacial score (nSPS) is 17.3. The molecule has 1 aromatic rings. The SMILES string of the molecule is O=[N+]([O-])c1ccc(C(F)(F)C(F)(F)F)c(OCC(O)CN2CCCC2)c1. The number of aliphatic hydroxyl groups is 1. The Hall–Kier alpha value is -2.01. The summed E-state index contributed by atoms with van der Waals surface area (Å²) in [4.78, 5) is 11.7. The smallest absolute Gasteiger partial charge is 0.458 e. The van der Waals surface area contributed by atoms with Crippen LogP contribution in [0.2, 0.25) is 0 Å². The van der Waals surface area contributed by atoms with Crippen LogP contribution in [0.25, 0.3) is 0 Å². The van der Waals surface area contributed by atoms with Crippen molar-refractivity contribution < 1.29 is 36.7 Å². The van der Waals surface area contributed by atoms with E-state index in [1.165, 1.54) is 0 Å². The molecule has 1 atom stereocenters. The topological polar surface area (TPSA) is 75.8 Å². The van der Waals surface area contributed by atoms with Crippen molar-refractivity contribution in [2.24, 2.45) is 0 Å². The molecule has 0 spiro atoms. The number of nitro groups is 1. The van der Waals surface area contributed by atoms with E-state index in [2.05, 4.69) is 0 Å². The van der Waals surface area contributed by atoms with E-state index in [9.17, 15) is 37.2 Å². The second-order valence-corrected chi connectivity index (χ2v) is 5.98. The second kappa shape index (κ2) is 7.70. The lowest BCUT2D eigenvalue weighted by Crippen LogP contribution is -2.35. The molecule has 1 aliphatic heterocycles. The number of benzene rings is 1. The van der Waals surface area contributed by atoms with Crippen LogP contribution in [0.5, 0.6) is 5.75 Å². The maximum Gasteiger partial charge on any atom is 0.458 e. The molecule has 146 valence electrons. The maximum atomic E-state index is 13.7. The Morgan fingerprint density at radius 2 is 1.85 bits per heavy atom. The molecule has 11 heteroatoms. The monoisotopic (exact) mass is 384 g/mol. The molecule has 26 heavy (non-hydrogen) atoms. The average molecular weight is 384 g/mol. The second-order valence-electron chi connectivity index (χ2n) is 5.98. The van der Waals surface area contributed by atoms with Gasteiger partial charge in [0, 0.05) is 12.6 Å². The number of halogens is 5. The Morgan fingerprint density at radius 1 is 1.23 bits per heavy atom. The lowest BCUT2D eigenvalue weighted by Gasteiger charge is -2.24. The van der Waals surface area contributed by atoms with Gasteiger partial charge < -0.3 is 14.7 Å². The van der Waals surface area contributed by atoms with Crippen LogP contribution in [0, 0.1) is 10.1 Å². The van der Waals surface area contributed by atoms with E-state index in [-0.39, 0.29) is 6.54 Å². The summed E-state index contributed by atoms with van der Waals surface area (Å²) in [6.45, 7) is 1.08. The summed E-state index contributed by atoms with van der Waals surface area (Å²) in [5, 5.41) is 20.7. The standard InChI is InChI=1S/C15H17F5N2O4/c16-14(17,15(18,19)20)12-4-3-10(22(24)25)7-13(12)26-9-11(23)8-21-5-1-2-6-21/h3-4,7,11,23H,1-2,5-6,8-9H2. The van der Waals surface area contributed by atoms with Crippen molar-refractivity contribution in [1.82, 2.24) is 4.90 Å². The third-order valence-corrected chi connectivity index (χ3v) is 3.97. The van der Waals surface area contributed by atoms with E-state index in [1.807, 2.05) is 4.90 Å². The van der Waals surface area contributed by atoms with Crippen molar-refractivity contribution in [2.75, 3.05) is 26.2 Å². The Labute approximate surface area is 145 Å². The molecule has 1 fully saturated rings. The van der Waals surface area contributed by atoms with Gasteiger partial charge in [-0.25, -0.2) is 0 Å². The van der Waals surface area contributed by atoms with Gasteiger partial charge in [0.1, 0.15) is 18.5 Å². The fraction of sp³-hybridized carbons (Fsp3) is 0.600.